The summed E-state index contributed by atoms with van der Waals surface area (Å²) in [5.74, 6) is 0.429. The molecule has 2 aromatic carbocycles. The van der Waals surface area contributed by atoms with Crippen molar-refractivity contribution >= 4 is 38.9 Å². The standard InChI is InChI=1S/C19H23BrN2S/c1-12(2)18(17-9-8-13(3)10-14(17)4)22-19(23)21-16-7-5-6-15(20)11-16/h5-12,18H,1-4H3,(H2,21,22,23)/t18-/m1/s1. The van der Waals surface area contributed by atoms with Gasteiger partial charge in [-0.15, -0.1) is 0 Å². The Balaban J connectivity index is 2.14. The van der Waals surface area contributed by atoms with E-state index in [0.29, 0.717) is 11.0 Å². The summed E-state index contributed by atoms with van der Waals surface area (Å²) >= 11 is 8.98. The molecule has 0 bridgehead atoms. The van der Waals surface area contributed by atoms with Crippen LogP contribution >= 0.6 is 28.1 Å². The molecule has 2 aromatic rings. The van der Waals surface area contributed by atoms with Crippen LogP contribution in [0.15, 0.2) is 46.9 Å². The van der Waals surface area contributed by atoms with Gasteiger partial charge in [0.05, 0.1) is 6.04 Å². The van der Waals surface area contributed by atoms with Crippen LogP contribution < -0.4 is 10.6 Å². The van der Waals surface area contributed by atoms with Gasteiger partial charge in [-0.1, -0.05) is 59.6 Å². The largest absolute Gasteiger partial charge is 0.355 e. The number of nitrogens with one attached hydrogen (secondary N) is 2. The zero-order valence-corrected chi connectivity index (χ0v) is 16.4. The van der Waals surface area contributed by atoms with Crippen molar-refractivity contribution in [3.8, 4) is 0 Å². The number of halogens is 1. The summed E-state index contributed by atoms with van der Waals surface area (Å²) in [6.07, 6.45) is 0. The van der Waals surface area contributed by atoms with E-state index in [2.05, 4.69) is 72.5 Å². The van der Waals surface area contributed by atoms with E-state index in [1.165, 1.54) is 16.7 Å². The fourth-order valence-electron chi connectivity index (χ4n) is 2.65. The van der Waals surface area contributed by atoms with Crippen molar-refractivity contribution in [2.45, 2.75) is 33.7 Å². The van der Waals surface area contributed by atoms with Gasteiger partial charge in [-0.05, 0) is 61.3 Å². The van der Waals surface area contributed by atoms with Crippen LogP contribution in [0.25, 0.3) is 0 Å². The second-order valence-electron chi connectivity index (χ2n) is 6.19. The predicted octanol–water partition coefficient (Wildman–Crippen LogP) is 5.75. The van der Waals surface area contributed by atoms with Crippen molar-refractivity contribution in [2.75, 3.05) is 5.32 Å². The van der Waals surface area contributed by atoms with Crippen molar-refractivity contribution in [3.63, 3.8) is 0 Å². The number of anilines is 1. The number of aryl methyl sites for hydroxylation is 2. The lowest BCUT2D eigenvalue weighted by Crippen LogP contribution is -2.35. The van der Waals surface area contributed by atoms with Crippen LogP contribution in [0.4, 0.5) is 5.69 Å². The molecule has 0 aromatic heterocycles. The first-order chi connectivity index (χ1) is 10.9. The number of hydrogen-bond acceptors (Lipinski definition) is 1. The van der Waals surface area contributed by atoms with Gasteiger partial charge in [0.1, 0.15) is 0 Å². The highest BCUT2D eigenvalue weighted by molar-refractivity contribution is 9.10. The fraction of sp³-hybridized carbons (Fsp3) is 0.316. The minimum atomic E-state index is 0.183. The van der Waals surface area contributed by atoms with E-state index in [9.17, 15) is 0 Å². The second kappa shape index (κ2) is 7.93. The summed E-state index contributed by atoms with van der Waals surface area (Å²) in [7, 11) is 0. The number of thiocarbonyl (C=S) groups is 1. The molecule has 0 radical (unpaired) electrons. The molecule has 4 heteroatoms. The summed E-state index contributed by atoms with van der Waals surface area (Å²) in [6, 6.07) is 14.7. The molecule has 0 spiro atoms. The quantitative estimate of drug-likeness (QED) is 0.649. The van der Waals surface area contributed by atoms with Crippen LogP contribution in [0.5, 0.6) is 0 Å². The molecule has 1 atom stereocenters. The van der Waals surface area contributed by atoms with Crippen molar-refractivity contribution in [1.82, 2.24) is 5.32 Å². The van der Waals surface area contributed by atoms with Gasteiger partial charge in [0, 0.05) is 10.2 Å². The predicted molar refractivity (Wildman–Crippen MR) is 107 cm³/mol. The van der Waals surface area contributed by atoms with Gasteiger partial charge in [-0.2, -0.15) is 0 Å². The smallest absolute Gasteiger partial charge is 0.171 e. The molecule has 2 N–H and O–H groups in total. The summed E-state index contributed by atoms with van der Waals surface area (Å²) in [5.41, 5.74) is 4.84. The van der Waals surface area contributed by atoms with Crippen molar-refractivity contribution in [2.24, 2.45) is 5.92 Å². The zero-order chi connectivity index (χ0) is 17.0. The first-order valence-electron chi connectivity index (χ1n) is 7.77. The molecule has 0 saturated heterocycles. The van der Waals surface area contributed by atoms with E-state index in [0.717, 1.165) is 10.2 Å². The third-order valence-corrected chi connectivity index (χ3v) is 4.51. The summed E-state index contributed by atoms with van der Waals surface area (Å²) in [5, 5.41) is 7.37. The molecule has 0 amide bonds. The molecule has 0 saturated carbocycles. The van der Waals surface area contributed by atoms with Gasteiger partial charge in [0.15, 0.2) is 5.11 Å². The maximum atomic E-state index is 5.51. The van der Waals surface area contributed by atoms with Crippen molar-refractivity contribution in [3.05, 3.63) is 63.6 Å². The average Bonchev–Trinajstić information content (AvgIpc) is 2.45. The zero-order valence-electron chi connectivity index (χ0n) is 14.0. The van der Waals surface area contributed by atoms with E-state index < -0.39 is 0 Å². The van der Waals surface area contributed by atoms with Gasteiger partial charge in [0.2, 0.25) is 0 Å². The number of benzene rings is 2. The third-order valence-electron chi connectivity index (χ3n) is 3.80. The SMILES string of the molecule is Cc1ccc([C@H](NC(=S)Nc2cccc(Br)c2)C(C)C)c(C)c1. The van der Waals surface area contributed by atoms with Crippen LogP contribution in [0, 0.1) is 19.8 Å². The molecule has 0 heterocycles. The van der Waals surface area contributed by atoms with Crippen LogP contribution in [0.3, 0.4) is 0 Å². The Kier molecular flexibility index (Phi) is 6.19. The molecule has 122 valence electrons. The van der Waals surface area contributed by atoms with Crippen molar-refractivity contribution in [1.29, 1.82) is 0 Å². The summed E-state index contributed by atoms with van der Waals surface area (Å²) < 4.78 is 1.03. The lowest BCUT2D eigenvalue weighted by atomic mass is 9.92. The molecule has 2 rings (SSSR count). The maximum Gasteiger partial charge on any atom is 0.171 e. The van der Waals surface area contributed by atoms with E-state index in [4.69, 9.17) is 12.2 Å². The number of rotatable bonds is 4. The minimum Gasteiger partial charge on any atom is -0.355 e. The van der Waals surface area contributed by atoms with Gasteiger partial charge in [-0.3, -0.25) is 0 Å². The highest BCUT2D eigenvalue weighted by atomic mass is 79.9. The Hall–Kier alpha value is -1.39. The fourth-order valence-corrected chi connectivity index (χ4v) is 3.30. The Morgan fingerprint density at radius 3 is 2.43 bits per heavy atom. The topological polar surface area (TPSA) is 24.1 Å². The lowest BCUT2D eigenvalue weighted by molar-refractivity contribution is 0.471. The highest BCUT2D eigenvalue weighted by Crippen LogP contribution is 2.26. The Labute approximate surface area is 152 Å². The molecule has 0 aliphatic rings. The van der Waals surface area contributed by atoms with E-state index in [-0.39, 0.29) is 6.04 Å². The molecule has 0 unspecified atom stereocenters. The Morgan fingerprint density at radius 1 is 1.09 bits per heavy atom. The normalized spacial score (nSPS) is 12.1. The van der Waals surface area contributed by atoms with Gasteiger partial charge in [-0.25, -0.2) is 0 Å². The van der Waals surface area contributed by atoms with E-state index in [1.54, 1.807) is 0 Å². The molecule has 0 aliphatic carbocycles. The van der Waals surface area contributed by atoms with Crippen LogP contribution in [0.2, 0.25) is 0 Å². The molecule has 0 fully saturated rings. The molecular formula is C19H23BrN2S. The average molecular weight is 391 g/mol. The molecular weight excluding hydrogens is 368 g/mol. The highest BCUT2D eigenvalue weighted by Gasteiger charge is 2.18. The monoisotopic (exact) mass is 390 g/mol. The first kappa shape index (κ1) is 18.0. The van der Waals surface area contributed by atoms with Gasteiger partial charge >= 0.3 is 0 Å². The van der Waals surface area contributed by atoms with Gasteiger partial charge < -0.3 is 10.6 Å². The maximum absolute atomic E-state index is 5.51. The van der Waals surface area contributed by atoms with E-state index >= 15 is 0 Å². The summed E-state index contributed by atoms with van der Waals surface area (Å²) in [4.78, 5) is 0. The Morgan fingerprint density at radius 2 is 1.83 bits per heavy atom. The van der Waals surface area contributed by atoms with Gasteiger partial charge in [0.25, 0.3) is 0 Å². The van der Waals surface area contributed by atoms with Crippen molar-refractivity contribution < 1.29 is 0 Å². The van der Waals surface area contributed by atoms with Crippen LogP contribution in [-0.4, -0.2) is 5.11 Å². The van der Waals surface area contributed by atoms with Crippen LogP contribution in [0.1, 0.15) is 36.6 Å². The number of hydrogen-bond donors (Lipinski definition) is 2. The molecule has 0 aliphatic heterocycles. The summed E-state index contributed by atoms with van der Waals surface area (Å²) in [6.45, 7) is 8.69. The minimum absolute atomic E-state index is 0.183. The Bertz CT molecular complexity index is 698. The lowest BCUT2D eigenvalue weighted by Gasteiger charge is -2.26. The molecule has 23 heavy (non-hydrogen) atoms. The van der Waals surface area contributed by atoms with Crippen LogP contribution in [-0.2, 0) is 0 Å². The molecule has 2 nitrogen and oxygen atoms in total. The van der Waals surface area contributed by atoms with E-state index in [1.807, 2.05) is 24.3 Å². The first-order valence-corrected chi connectivity index (χ1v) is 8.97. The second-order valence-corrected chi connectivity index (χ2v) is 7.51. The third kappa shape index (κ3) is 5.05.